The lowest BCUT2D eigenvalue weighted by Crippen LogP contribution is -2.55. The van der Waals surface area contributed by atoms with Crippen LogP contribution >= 0.6 is 24.0 Å². The maximum absolute atomic E-state index is 12.8. The van der Waals surface area contributed by atoms with Gasteiger partial charge in [-0.1, -0.05) is 34.6 Å². The lowest BCUT2D eigenvalue weighted by Gasteiger charge is -2.39. The third-order valence-corrected chi connectivity index (χ3v) is 5.93. The van der Waals surface area contributed by atoms with Crippen molar-refractivity contribution in [3.05, 3.63) is 0 Å². The Balaban J connectivity index is 0.00000512. The van der Waals surface area contributed by atoms with Crippen molar-refractivity contribution >= 4 is 41.8 Å². The first-order valence-corrected chi connectivity index (χ1v) is 11.9. The van der Waals surface area contributed by atoms with E-state index >= 15 is 0 Å². The van der Waals surface area contributed by atoms with Crippen LogP contribution in [0.2, 0.25) is 0 Å². The van der Waals surface area contributed by atoms with Gasteiger partial charge in [0.05, 0.1) is 13.1 Å². The molecule has 186 valence electrons. The maximum Gasteiger partial charge on any atom is 0.236 e. The van der Waals surface area contributed by atoms with Gasteiger partial charge in [0.2, 0.25) is 11.8 Å². The van der Waals surface area contributed by atoms with Crippen LogP contribution in [-0.4, -0.2) is 97.9 Å². The van der Waals surface area contributed by atoms with Gasteiger partial charge in [-0.05, 0) is 25.2 Å². The van der Waals surface area contributed by atoms with Crippen molar-refractivity contribution < 1.29 is 9.59 Å². The summed E-state index contributed by atoms with van der Waals surface area (Å²) in [6.07, 6.45) is 1.22. The molecule has 2 rings (SSSR count). The number of guanidine groups is 1. The lowest BCUT2D eigenvalue weighted by molar-refractivity contribution is -0.135. The molecular weight excluding hydrogens is 519 g/mol. The predicted octanol–water partition coefficient (Wildman–Crippen LogP) is 1.85. The molecule has 0 radical (unpaired) electrons. The van der Waals surface area contributed by atoms with Crippen LogP contribution in [0.1, 0.15) is 48.0 Å². The van der Waals surface area contributed by atoms with Gasteiger partial charge >= 0.3 is 0 Å². The Hall–Kier alpha value is -1.10. The molecule has 2 N–H and O–H groups in total. The minimum atomic E-state index is -0.383. The van der Waals surface area contributed by atoms with E-state index in [4.69, 9.17) is 4.99 Å². The van der Waals surface area contributed by atoms with Crippen molar-refractivity contribution in [2.75, 3.05) is 65.4 Å². The molecule has 2 unspecified atom stereocenters. The molecule has 2 saturated heterocycles. The SMILES string of the molecule is CCNC(=NCCNC(=O)C(C)(C)C)N1CCN(CC(=O)N2CC(C)CC(C)C2)CC1.I. The fourth-order valence-corrected chi connectivity index (χ4v) is 4.30. The minimum absolute atomic E-state index is 0. The molecule has 0 aliphatic carbocycles. The summed E-state index contributed by atoms with van der Waals surface area (Å²) in [5.74, 6) is 2.39. The van der Waals surface area contributed by atoms with Gasteiger partial charge in [-0.3, -0.25) is 19.5 Å². The van der Waals surface area contributed by atoms with Crippen LogP contribution in [0.25, 0.3) is 0 Å². The van der Waals surface area contributed by atoms with Crippen molar-refractivity contribution in [1.29, 1.82) is 0 Å². The molecular formula is C23H45IN6O2. The van der Waals surface area contributed by atoms with E-state index in [0.29, 0.717) is 31.5 Å². The van der Waals surface area contributed by atoms with Crippen molar-refractivity contribution in [3.63, 3.8) is 0 Å². The number of nitrogens with one attached hydrogen (secondary N) is 2. The van der Waals surface area contributed by atoms with E-state index in [-0.39, 0.29) is 41.2 Å². The third-order valence-electron chi connectivity index (χ3n) is 5.93. The summed E-state index contributed by atoms with van der Waals surface area (Å²) in [6, 6.07) is 0. The fourth-order valence-electron chi connectivity index (χ4n) is 4.30. The number of carbonyl (C=O) groups is 2. The highest BCUT2D eigenvalue weighted by atomic mass is 127. The monoisotopic (exact) mass is 564 g/mol. The Labute approximate surface area is 211 Å². The smallest absolute Gasteiger partial charge is 0.236 e. The summed E-state index contributed by atoms with van der Waals surface area (Å²) in [6.45, 7) is 19.9. The molecule has 2 fully saturated rings. The van der Waals surface area contributed by atoms with Gasteiger partial charge in [0.25, 0.3) is 0 Å². The zero-order valence-electron chi connectivity index (χ0n) is 20.9. The molecule has 9 heteroatoms. The standard InChI is InChI=1S/C23H44N6O2.HI/c1-7-24-22(26-9-8-25-21(31)23(4,5)6)28-12-10-27(11-13-28)17-20(30)29-15-18(2)14-19(3)16-29;/h18-19H,7-17H2,1-6H3,(H,24,26)(H,25,31);1H. The van der Waals surface area contributed by atoms with Crippen LogP contribution in [0.15, 0.2) is 4.99 Å². The average molecular weight is 565 g/mol. The zero-order valence-corrected chi connectivity index (χ0v) is 23.3. The summed E-state index contributed by atoms with van der Waals surface area (Å²) in [5.41, 5.74) is -0.383. The van der Waals surface area contributed by atoms with E-state index in [1.165, 1.54) is 6.42 Å². The van der Waals surface area contributed by atoms with Crippen LogP contribution in [0.3, 0.4) is 0 Å². The number of hydrogen-bond acceptors (Lipinski definition) is 4. The van der Waals surface area contributed by atoms with E-state index in [1.54, 1.807) is 0 Å². The van der Waals surface area contributed by atoms with Crippen molar-refractivity contribution in [2.45, 2.75) is 48.0 Å². The number of likely N-dealkylation sites (tertiary alicyclic amines) is 1. The van der Waals surface area contributed by atoms with E-state index in [0.717, 1.165) is 51.8 Å². The van der Waals surface area contributed by atoms with Crippen molar-refractivity contribution in [1.82, 2.24) is 25.3 Å². The molecule has 2 aliphatic rings. The molecule has 0 spiro atoms. The van der Waals surface area contributed by atoms with Gasteiger partial charge < -0.3 is 20.4 Å². The van der Waals surface area contributed by atoms with Crippen molar-refractivity contribution in [2.24, 2.45) is 22.2 Å². The van der Waals surface area contributed by atoms with Gasteiger partial charge in [-0.15, -0.1) is 24.0 Å². The molecule has 0 aromatic carbocycles. The number of carbonyl (C=O) groups excluding carboxylic acids is 2. The van der Waals surface area contributed by atoms with Crippen LogP contribution in [-0.2, 0) is 9.59 Å². The van der Waals surface area contributed by atoms with Gasteiger partial charge in [-0.25, -0.2) is 0 Å². The Morgan fingerprint density at radius 3 is 2.09 bits per heavy atom. The Kier molecular flexibility index (Phi) is 12.3. The van der Waals surface area contributed by atoms with E-state index in [2.05, 4.69) is 46.1 Å². The highest BCUT2D eigenvalue weighted by Crippen LogP contribution is 2.21. The molecule has 0 aromatic heterocycles. The van der Waals surface area contributed by atoms with Crippen LogP contribution < -0.4 is 10.6 Å². The summed E-state index contributed by atoms with van der Waals surface area (Å²) in [4.78, 5) is 36.0. The molecule has 2 heterocycles. The molecule has 2 amide bonds. The minimum Gasteiger partial charge on any atom is -0.357 e. The number of halogens is 1. The van der Waals surface area contributed by atoms with Gasteiger partial charge in [-0.2, -0.15) is 0 Å². The number of piperidine rings is 1. The maximum atomic E-state index is 12.8. The van der Waals surface area contributed by atoms with Crippen LogP contribution in [0, 0.1) is 17.3 Å². The summed E-state index contributed by atoms with van der Waals surface area (Å²) < 4.78 is 0. The third kappa shape index (κ3) is 9.41. The Morgan fingerprint density at radius 1 is 0.969 bits per heavy atom. The second-order valence-electron chi connectivity index (χ2n) is 10.2. The van der Waals surface area contributed by atoms with E-state index in [9.17, 15) is 9.59 Å². The highest BCUT2D eigenvalue weighted by Gasteiger charge is 2.28. The molecule has 0 aromatic rings. The number of piperazine rings is 1. The predicted molar refractivity (Wildman–Crippen MR) is 141 cm³/mol. The van der Waals surface area contributed by atoms with Crippen LogP contribution in [0.4, 0.5) is 0 Å². The van der Waals surface area contributed by atoms with Gasteiger partial charge in [0, 0.05) is 57.8 Å². The van der Waals surface area contributed by atoms with Gasteiger partial charge in [0.15, 0.2) is 5.96 Å². The second kappa shape index (κ2) is 13.6. The highest BCUT2D eigenvalue weighted by molar-refractivity contribution is 14.0. The van der Waals surface area contributed by atoms with Gasteiger partial charge in [0.1, 0.15) is 0 Å². The largest absolute Gasteiger partial charge is 0.357 e. The number of aliphatic imine (C=N–C) groups is 1. The van der Waals surface area contributed by atoms with Crippen LogP contribution in [0.5, 0.6) is 0 Å². The fraction of sp³-hybridized carbons (Fsp3) is 0.870. The molecule has 2 atom stereocenters. The molecule has 32 heavy (non-hydrogen) atoms. The van der Waals surface area contributed by atoms with E-state index < -0.39 is 0 Å². The number of hydrogen-bond donors (Lipinski definition) is 2. The second-order valence-corrected chi connectivity index (χ2v) is 10.2. The molecule has 2 aliphatic heterocycles. The first kappa shape index (κ1) is 28.9. The first-order valence-electron chi connectivity index (χ1n) is 11.9. The number of rotatable bonds is 6. The Bertz CT molecular complexity index is 618. The molecule has 8 nitrogen and oxygen atoms in total. The lowest BCUT2D eigenvalue weighted by atomic mass is 9.92. The van der Waals surface area contributed by atoms with Crippen molar-refractivity contribution in [3.8, 4) is 0 Å². The zero-order chi connectivity index (χ0) is 23.0. The summed E-state index contributed by atoms with van der Waals surface area (Å²) >= 11 is 0. The molecule has 0 saturated carbocycles. The summed E-state index contributed by atoms with van der Waals surface area (Å²) in [7, 11) is 0. The number of amides is 2. The van der Waals surface area contributed by atoms with E-state index in [1.807, 2.05) is 20.8 Å². The quantitative estimate of drug-likeness (QED) is 0.223. The summed E-state index contributed by atoms with van der Waals surface area (Å²) in [5, 5.41) is 6.30. The molecule has 0 bridgehead atoms. The number of nitrogens with zero attached hydrogens (tertiary/aromatic N) is 4. The topological polar surface area (TPSA) is 80.3 Å². The normalized spacial score (nSPS) is 22.9. The first-order chi connectivity index (χ1) is 14.6. The average Bonchev–Trinajstić information content (AvgIpc) is 2.69. The Morgan fingerprint density at radius 2 is 1.56 bits per heavy atom.